The summed E-state index contributed by atoms with van der Waals surface area (Å²) in [6, 6.07) is 9.01. The Labute approximate surface area is 124 Å². The third-order valence-electron chi connectivity index (χ3n) is 2.80. The van der Waals surface area contributed by atoms with E-state index in [4.69, 9.17) is 16.3 Å². The molecule has 6 heteroatoms. The fourth-order valence-electron chi connectivity index (χ4n) is 1.91. The van der Waals surface area contributed by atoms with Gasteiger partial charge in [0, 0.05) is 0 Å². The molecule has 0 amide bonds. The molecule has 0 aliphatic rings. The number of aromatic nitrogens is 2. The minimum Gasteiger partial charge on any atom is -0.462 e. The maximum absolute atomic E-state index is 11.7. The molecule has 0 aliphatic carbocycles. The number of imidazole rings is 1. The van der Waals surface area contributed by atoms with Crippen molar-refractivity contribution in [2.75, 3.05) is 6.61 Å². The van der Waals surface area contributed by atoms with Gasteiger partial charge in [0.1, 0.15) is 5.82 Å². The molecule has 3 rings (SSSR count). The van der Waals surface area contributed by atoms with E-state index in [0.717, 1.165) is 21.7 Å². The smallest absolute Gasteiger partial charge is 0.338 e. The van der Waals surface area contributed by atoms with Gasteiger partial charge in [-0.25, -0.2) is 9.78 Å². The SMILES string of the molecule is CCOC(=O)c1ccc2nc(-c3ccc(Cl)s3)[nH]c2c1. The van der Waals surface area contributed by atoms with E-state index in [9.17, 15) is 4.79 Å². The van der Waals surface area contributed by atoms with Crippen LogP contribution in [0.15, 0.2) is 30.3 Å². The maximum atomic E-state index is 11.7. The highest BCUT2D eigenvalue weighted by molar-refractivity contribution is 7.19. The number of H-pyrrole nitrogens is 1. The number of carbonyl (C=O) groups is 1. The zero-order valence-electron chi connectivity index (χ0n) is 10.6. The molecule has 2 aromatic heterocycles. The van der Waals surface area contributed by atoms with Crippen molar-refractivity contribution < 1.29 is 9.53 Å². The van der Waals surface area contributed by atoms with Crippen LogP contribution in [0.1, 0.15) is 17.3 Å². The van der Waals surface area contributed by atoms with Crippen LogP contribution in [0.4, 0.5) is 0 Å². The normalized spacial score (nSPS) is 10.9. The molecule has 0 atom stereocenters. The van der Waals surface area contributed by atoms with E-state index in [1.54, 1.807) is 25.1 Å². The number of esters is 1. The number of benzene rings is 1. The molecule has 0 saturated carbocycles. The molecule has 20 heavy (non-hydrogen) atoms. The van der Waals surface area contributed by atoms with Gasteiger partial charge in [0.25, 0.3) is 0 Å². The molecular weight excluding hydrogens is 296 g/mol. The Kier molecular flexibility index (Phi) is 3.46. The predicted octanol–water partition coefficient (Wildman–Crippen LogP) is 4.12. The first kappa shape index (κ1) is 13.1. The third-order valence-corrected chi connectivity index (χ3v) is 4.04. The van der Waals surface area contributed by atoms with Crippen LogP contribution < -0.4 is 0 Å². The van der Waals surface area contributed by atoms with Crippen molar-refractivity contribution in [3.8, 4) is 10.7 Å². The molecular formula is C14H11ClN2O2S. The summed E-state index contributed by atoms with van der Waals surface area (Å²) in [7, 11) is 0. The molecule has 2 heterocycles. The lowest BCUT2D eigenvalue weighted by molar-refractivity contribution is 0.0526. The van der Waals surface area contributed by atoms with Gasteiger partial charge in [0.2, 0.25) is 0 Å². The van der Waals surface area contributed by atoms with E-state index in [0.29, 0.717) is 16.5 Å². The van der Waals surface area contributed by atoms with Gasteiger partial charge in [-0.3, -0.25) is 0 Å². The second-order valence-electron chi connectivity index (χ2n) is 4.14. The van der Waals surface area contributed by atoms with Gasteiger partial charge in [0.15, 0.2) is 0 Å². The van der Waals surface area contributed by atoms with Crippen LogP contribution in [0, 0.1) is 0 Å². The average molecular weight is 307 g/mol. The van der Waals surface area contributed by atoms with Gasteiger partial charge in [-0.15, -0.1) is 11.3 Å². The number of fused-ring (bicyclic) bond motifs is 1. The summed E-state index contributed by atoms with van der Waals surface area (Å²) in [5.41, 5.74) is 2.12. The number of nitrogens with one attached hydrogen (secondary N) is 1. The Balaban J connectivity index is 2.01. The second-order valence-corrected chi connectivity index (χ2v) is 5.86. The molecule has 1 N–H and O–H groups in total. The first-order chi connectivity index (χ1) is 9.67. The van der Waals surface area contributed by atoms with Crippen molar-refractivity contribution in [1.29, 1.82) is 0 Å². The highest BCUT2D eigenvalue weighted by Crippen LogP contribution is 2.30. The van der Waals surface area contributed by atoms with Crippen LogP contribution in [0.2, 0.25) is 4.34 Å². The zero-order chi connectivity index (χ0) is 14.1. The molecule has 0 bridgehead atoms. The quantitative estimate of drug-likeness (QED) is 0.740. The lowest BCUT2D eigenvalue weighted by atomic mass is 10.2. The van der Waals surface area contributed by atoms with Crippen molar-refractivity contribution in [2.24, 2.45) is 0 Å². The lowest BCUT2D eigenvalue weighted by Gasteiger charge is -2.00. The van der Waals surface area contributed by atoms with Crippen LogP contribution in [0.5, 0.6) is 0 Å². The van der Waals surface area contributed by atoms with Crippen LogP contribution in [0.25, 0.3) is 21.7 Å². The molecule has 4 nitrogen and oxygen atoms in total. The number of thiophene rings is 1. The molecule has 0 fully saturated rings. The molecule has 102 valence electrons. The first-order valence-corrected chi connectivity index (χ1v) is 7.29. The van der Waals surface area contributed by atoms with E-state index in [2.05, 4.69) is 9.97 Å². The molecule has 3 aromatic rings. The number of rotatable bonds is 3. The van der Waals surface area contributed by atoms with E-state index in [1.165, 1.54) is 11.3 Å². The standard InChI is InChI=1S/C14H11ClN2O2S/c1-2-19-14(18)8-3-4-9-10(7-8)17-13(16-9)11-5-6-12(15)20-11/h3-7H,2H2,1H3,(H,16,17). The summed E-state index contributed by atoms with van der Waals surface area (Å²) < 4.78 is 5.70. The molecule has 0 saturated heterocycles. The van der Waals surface area contributed by atoms with Gasteiger partial charge in [-0.05, 0) is 37.3 Å². The Morgan fingerprint density at radius 3 is 2.95 bits per heavy atom. The second kappa shape index (κ2) is 5.26. The first-order valence-electron chi connectivity index (χ1n) is 6.10. The van der Waals surface area contributed by atoms with E-state index < -0.39 is 0 Å². The van der Waals surface area contributed by atoms with Gasteiger partial charge < -0.3 is 9.72 Å². The van der Waals surface area contributed by atoms with Crippen molar-refractivity contribution in [3.05, 3.63) is 40.2 Å². The minimum atomic E-state index is -0.329. The summed E-state index contributed by atoms with van der Waals surface area (Å²) in [6.45, 7) is 2.14. The van der Waals surface area contributed by atoms with Gasteiger partial charge in [-0.1, -0.05) is 11.6 Å². The van der Waals surface area contributed by atoms with Crippen LogP contribution >= 0.6 is 22.9 Å². The Morgan fingerprint density at radius 2 is 2.25 bits per heavy atom. The van der Waals surface area contributed by atoms with E-state index in [1.807, 2.05) is 12.1 Å². The largest absolute Gasteiger partial charge is 0.462 e. The predicted molar refractivity (Wildman–Crippen MR) is 80.4 cm³/mol. The lowest BCUT2D eigenvalue weighted by Crippen LogP contribution is -2.04. The number of hydrogen-bond acceptors (Lipinski definition) is 4. The summed E-state index contributed by atoms with van der Waals surface area (Å²) in [5, 5.41) is 0. The van der Waals surface area contributed by atoms with Crippen LogP contribution in [-0.2, 0) is 4.74 Å². The highest BCUT2D eigenvalue weighted by Gasteiger charge is 2.11. The topological polar surface area (TPSA) is 55.0 Å². The van der Waals surface area contributed by atoms with Crippen LogP contribution in [0.3, 0.4) is 0 Å². The number of aromatic amines is 1. The minimum absolute atomic E-state index is 0.329. The van der Waals surface area contributed by atoms with Gasteiger partial charge >= 0.3 is 5.97 Å². The summed E-state index contributed by atoms with van der Waals surface area (Å²) in [6.07, 6.45) is 0. The highest BCUT2D eigenvalue weighted by atomic mass is 35.5. The van der Waals surface area contributed by atoms with E-state index in [-0.39, 0.29) is 5.97 Å². The number of carbonyl (C=O) groups excluding carboxylic acids is 1. The third kappa shape index (κ3) is 2.42. The Hall–Kier alpha value is -1.85. The fraction of sp³-hybridized carbons (Fsp3) is 0.143. The van der Waals surface area contributed by atoms with Crippen molar-refractivity contribution in [1.82, 2.24) is 9.97 Å². The Bertz CT molecular complexity index is 778. The van der Waals surface area contributed by atoms with Gasteiger partial charge in [-0.2, -0.15) is 0 Å². The summed E-state index contributed by atoms with van der Waals surface area (Å²) in [5.74, 6) is 0.419. The Morgan fingerprint density at radius 1 is 1.40 bits per heavy atom. The number of ether oxygens (including phenoxy) is 1. The van der Waals surface area contributed by atoms with Gasteiger partial charge in [0.05, 0.1) is 32.4 Å². The average Bonchev–Trinajstić information content (AvgIpc) is 3.03. The summed E-state index contributed by atoms with van der Waals surface area (Å²) >= 11 is 7.38. The van der Waals surface area contributed by atoms with Crippen molar-refractivity contribution >= 4 is 39.9 Å². The molecule has 0 aliphatic heterocycles. The monoisotopic (exact) mass is 306 g/mol. The van der Waals surface area contributed by atoms with Crippen LogP contribution in [-0.4, -0.2) is 22.5 Å². The fourth-order valence-corrected chi connectivity index (χ4v) is 2.90. The molecule has 1 aromatic carbocycles. The maximum Gasteiger partial charge on any atom is 0.338 e. The summed E-state index contributed by atoms with van der Waals surface area (Å²) in [4.78, 5) is 20.3. The van der Waals surface area contributed by atoms with E-state index >= 15 is 0 Å². The molecule has 0 unspecified atom stereocenters. The molecule has 0 radical (unpaired) electrons. The zero-order valence-corrected chi connectivity index (χ0v) is 12.2. The van der Waals surface area contributed by atoms with Crippen molar-refractivity contribution in [2.45, 2.75) is 6.92 Å². The molecule has 0 spiro atoms. The van der Waals surface area contributed by atoms with Crippen molar-refractivity contribution in [3.63, 3.8) is 0 Å². The number of hydrogen-bond donors (Lipinski definition) is 1. The number of nitrogens with zero attached hydrogens (tertiary/aromatic N) is 1. The number of halogens is 1.